The zero-order valence-electron chi connectivity index (χ0n) is 65.1. The van der Waals surface area contributed by atoms with Gasteiger partial charge >= 0.3 is 0 Å². The molecule has 0 N–H and O–H groups in total. The number of rotatable bonds is 12. The number of hydrogen-bond acceptors (Lipinski definition) is 4. The molecule has 0 unspecified atom stereocenters. The first kappa shape index (κ1) is 69.4. The molecule has 0 spiro atoms. The lowest BCUT2D eigenvalue weighted by Crippen LogP contribution is -1.99. The zero-order valence-corrected chi connectivity index (χ0v) is 65.1. The number of benzene rings is 18. The third-order valence-corrected chi connectivity index (χ3v) is 23.8. The molecule has 0 radical (unpaired) electrons. The van der Waals surface area contributed by atoms with Crippen molar-refractivity contribution in [2.24, 2.45) is 0 Å². The highest BCUT2D eigenvalue weighted by atomic mass is 15.0. The van der Waals surface area contributed by atoms with Crippen LogP contribution in [0.3, 0.4) is 0 Å². The SMILES string of the molecule is c1ccc(-c2ccc(-c3cc(-c4ccccc4)nc(-c4ccc5c(-n6c7ccccc7c7c6ccc6c8ccccc8n(-c8ccccc8)c67)cccc5c4)n3)cc2)cc1.c1ccc(-c2ccc(-c3nc(-c4ccccc4)cc(-c4cc(-n5c6ccccc6c6c5ccc5c7ccccc7n(-c7ccccc7)c56)c5ccccc5c4)n3)cc2)cc1. The fourth-order valence-electron chi connectivity index (χ4n) is 18.3. The van der Waals surface area contributed by atoms with Crippen molar-refractivity contribution < 1.29 is 0 Å². The Labute approximate surface area is 692 Å². The fraction of sp³-hybridized carbons (Fsp3) is 0. The summed E-state index contributed by atoms with van der Waals surface area (Å²) in [5.74, 6) is 1.38. The zero-order chi connectivity index (χ0) is 79.1. The van der Waals surface area contributed by atoms with E-state index in [1.807, 2.05) is 24.3 Å². The van der Waals surface area contributed by atoms with Crippen molar-refractivity contribution in [3.63, 3.8) is 0 Å². The standard InChI is InChI=1S/2C56H36N4/c1-4-15-37(16-5-1)38-27-29-40(30-28-38)49-36-48(39-17-6-2-7-18-39)57-56(58-49)42-31-32-44-41(35-42)19-14-26-50(44)60-52-25-13-11-23-47(52)54-53(60)34-33-46-45-22-10-12-24-51(45)59(55(46)54)43-20-8-3-9-21-43;1-4-16-37(17-5-1)38-28-30-40(31-29-38)56-57-48(39-18-6-2-7-19-39)36-49(58-56)42-34-41-20-10-11-23-44(41)53(35-42)60-51-27-15-13-25-47(51)54-52(60)33-32-46-45-24-12-14-26-50(45)59(55(46)54)43-21-8-3-9-22-43/h2*1-36H. The van der Waals surface area contributed by atoms with E-state index < -0.39 is 0 Å². The molecule has 120 heavy (non-hydrogen) atoms. The molecule has 0 fully saturated rings. The predicted octanol–water partition coefficient (Wildman–Crippen LogP) is 29.0. The Morgan fingerprint density at radius 1 is 0.158 bits per heavy atom. The Hall–Kier alpha value is -16.2. The van der Waals surface area contributed by atoms with Crippen LogP contribution < -0.4 is 0 Å². The molecule has 18 aromatic carbocycles. The van der Waals surface area contributed by atoms with Crippen molar-refractivity contribution in [3.05, 3.63) is 437 Å². The van der Waals surface area contributed by atoms with E-state index in [9.17, 15) is 0 Å². The molecule has 24 rings (SSSR count). The van der Waals surface area contributed by atoms with Crippen LogP contribution in [0.25, 0.3) is 222 Å². The van der Waals surface area contributed by atoms with Crippen LogP contribution in [-0.2, 0) is 0 Å². The molecular weight excluding hydrogens is 1460 g/mol. The van der Waals surface area contributed by atoms with E-state index in [0.29, 0.717) is 11.6 Å². The molecule has 0 bridgehead atoms. The van der Waals surface area contributed by atoms with Crippen LogP contribution >= 0.6 is 0 Å². The summed E-state index contributed by atoms with van der Waals surface area (Å²) in [5, 5.41) is 14.5. The van der Waals surface area contributed by atoms with Gasteiger partial charge in [-0.05, 0) is 130 Å². The van der Waals surface area contributed by atoms with Crippen LogP contribution in [0.1, 0.15) is 0 Å². The Morgan fingerprint density at radius 2 is 0.467 bits per heavy atom. The van der Waals surface area contributed by atoms with E-state index in [1.54, 1.807) is 0 Å². The molecule has 0 aliphatic rings. The van der Waals surface area contributed by atoms with Gasteiger partial charge in [0.25, 0.3) is 0 Å². The number of fused-ring (bicyclic) bond motifs is 16. The van der Waals surface area contributed by atoms with Crippen LogP contribution in [0.2, 0.25) is 0 Å². The largest absolute Gasteiger partial charge is 0.309 e. The Kier molecular flexibility index (Phi) is 16.7. The van der Waals surface area contributed by atoms with Crippen molar-refractivity contribution in [1.82, 2.24) is 38.2 Å². The molecule has 8 heteroatoms. The van der Waals surface area contributed by atoms with E-state index >= 15 is 0 Å². The molecule has 6 aromatic heterocycles. The molecule has 6 heterocycles. The normalized spacial score (nSPS) is 11.7. The summed E-state index contributed by atoms with van der Waals surface area (Å²) in [6.07, 6.45) is 0. The van der Waals surface area contributed by atoms with Gasteiger partial charge in [-0.3, -0.25) is 0 Å². The average molecular weight is 1530 g/mol. The topological polar surface area (TPSA) is 71.3 Å². The van der Waals surface area contributed by atoms with Crippen molar-refractivity contribution in [2.75, 3.05) is 0 Å². The van der Waals surface area contributed by atoms with Gasteiger partial charge in [-0.15, -0.1) is 0 Å². The Morgan fingerprint density at radius 3 is 0.942 bits per heavy atom. The van der Waals surface area contributed by atoms with Crippen LogP contribution in [0.5, 0.6) is 0 Å². The Balaban J connectivity index is 0.000000140. The van der Waals surface area contributed by atoms with Gasteiger partial charge in [0, 0.05) is 98.6 Å². The smallest absolute Gasteiger partial charge is 0.160 e. The summed E-state index contributed by atoms with van der Waals surface area (Å²) in [5.41, 5.74) is 28.3. The summed E-state index contributed by atoms with van der Waals surface area (Å²) in [6, 6.07) is 156. The second-order valence-corrected chi connectivity index (χ2v) is 30.8. The summed E-state index contributed by atoms with van der Waals surface area (Å²) in [4.78, 5) is 20.9. The highest BCUT2D eigenvalue weighted by Crippen LogP contribution is 2.47. The molecule has 8 nitrogen and oxygen atoms in total. The maximum atomic E-state index is 5.34. The molecule has 0 aliphatic carbocycles. The molecule has 0 saturated heterocycles. The van der Waals surface area contributed by atoms with Gasteiger partial charge in [0.2, 0.25) is 0 Å². The quantitative estimate of drug-likeness (QED) is 0.122. The predicted molar refractivity (Wildman–Crippen MR) is 500 cm³/mol. The molecule has 24 aromatic rings. The summed E-state index contributed by atoms with van der Waals surface area (Å²) in [7, 11) is 0. The minimum absolute atomic E-state index is 0.689. The molecule has 0 saturated carbocycles. The summed E-state index contributed by atoms with van der Waals surface area (Å²) < 4.78 is 9.79. The highest BCUT2D eigenvalue weighted by molar-refractivity contribution is 6.28. The maximum absolute atomic E-state index is 5.34. The van der Waals surface area contributed by atoms with Crippen molar-refractivity contribution >= 4 is 109 Å². The van der Waals surface area contributed by atoms with Gasteiger partial charge in [0.15, 0.2) is 11.6 Å². The molecular formula is C112H72N8. The number of hydrogen-bond donors (Lipinski definition) is 0. The van der Waals surface area contributed by atoms with Gasteiger partial charge in [0.05, 0.1) is 78.3 Å². The van der Waals surface area contributed by atoms with Gasteiger partial charge in [-0.25, -0.2) is 19.9 Å². The first-order chi connectivity index (χ1) is 59.5. The Bertz CT molecular complexity index is 8080. The third-order valence-electron chi connectivity index (χ3n) is 23.8. The number of nitrogens with zero attached hydrogens (tertiary/aromatic N) is 8. The van der Waals surface area contributed by atoms with Gasteiger partial charge in [0.1, 0.15) is 0 Å². The number of para-hydroxylation sites is 6. The lowest BCUT2D eigenvalue weighted by molar-refractivity contribution is 1.17. The van der Waals surface area contributed by atoms with E-state index in [1.165, 1.54) is 98.3 Å². The van der Waals surface area contributed by atoms with Crippen LogP contribution in [-0.4, -0.2) is 38.2 Å². The monoisotopic (exact) mass is 1530 g/mol. The highest BCUT2D eigenvalue weighted by Gasteiger charge is 2.26. The van der Waals surface area contributed by atoms with E-state index in [0.717, 1.165) is 112 Å². The maximum Gasteiger partial charge on any atom is 0.160 e. The minimum atomic E-state index is 0.689. The van der Waals surface area contributed by atoms with Gasteiger partial charge in [-0.2, -0.15) is 0 Å². The fourth-order valence-corrected chi connectivity index (χ4v) is 18.3. The van der Waals surface area contributed by atoms with Crippen molar-refractivity contribution in [2.45, 2.75) is 0 Å². The lowest BCUT2D eigenvalue weighted by atomic mass is 10.0. The summed E-state index contributed by atoms with van der Waals surface area (Å²) in [6.45, 7) is 0. The average Bonchev–Trinajstić information content (AvgIpc) is 1.55. The summed E-state index contributed by atoms with van der Waals surface area (Å²) >= 11 is 0. The van der Waals surface area contributed by atoms with E-state index in [2.05, 4.69) is 431 Å². The van der Waals surface area contributed by atoms with Crippen molar-refractivity contribution in [3.8, 4) is 113 Å². The van der Waals surface area contributed by atoms with Gasteiger partial charge in [-0.1, -0.05) is 340 Å². The van der Waals surface area contributed by atoms with Crippen LogP contribution in [0.15, 0.2) is 437 Å². The third kappa shape index (κ3) is 11.8. The van der Waals surface area contributed by atoms with E-state index in [4.69, 9.17) is 19.9 Å². The van der Waals surface area contributed by atoms with Gasteiger partial charge < -0.3 is 18.3 Å². The van der Waals surface area contributed by atoms with Crippen molar-refractivity contribution in [1.29, 1.82) is 0 Å². The first-order valence-corrected chi connectivity index (χ1v) is 40.8. The molecule has 560 valence electrons. The second kappa shape index (κ2) is 29.0. The lowest BCUT2D eigenvalue weighted by Gasteiger charge is -2.15. The molecule has 0 amide bonds. The van der Waals surface area contributed by atoms with Crippen LogP contribution in [0, 0.1) is 0 Å². The number of aromatic nitrogens is 8. The van der Waals surface area contributed by atoms with E-state index in [-0.39, 0.29) is 0 Å². The van der Waals surface area contributed by atoms with Crippen LogP contribution in [0.4, 0.5) is 0 Å². The second-order valence-electron chi connectivity index (χ2n) is 30.8. The first-order valence-electron chi connectivity index (χ1n) is 40.8. The molecule has 0 atom stereocenters. The minimum Gasteiger partial charge on any atom is -0.309 e. The molecule has 0 aliphatic heterocycles.